The molecule has 0 aromatic carbocycles. The van der Waals surface area contributed by atoms with E-state index < -0.39 is 36.3 Å². The number of ether oxygens (including phenoxy) is 2. The standard InChI is InChI=1S/C10H17NO6/c1-3-16-7(12)5-6(8(11)9(13)14)10(15)17-4-2/h6,8H,3-5,11H2,1-2H3,(H,13,14)/t6-,8+/m1/s1. The first-order valence-electron chi connectivity index (χ1n) is 5.24. The van der Waals surface area contributed by atoms with Gasteiger partial charge in [0, 0.05) is 0 Å². The van der Waals surface area contributed by atoms with E-state index in [1.54, 1.807) is 13.8 Å². The van der Waals surface area contributed by atoms with Crippen molar-refractivity contribution in [1.29, 1.82) is 0 Å². The molecule has 0 amide bonds. The second-order valence-corrected chi connectivity index (χ2v) is 3.23. The molecular weight excluding hydrogens is 230 g/mol. The van der Waals surface area contributed by atoms with Gasteiger partial charge in [-0.15, -0.1) is 0 Å². The molecule has 0 aliphatic rings. The monoisotopic (exact) mass is 247 g/mol. The van der Waals surface area contributed by atoms with E-state index in [2.05, 4.69) is 9.47 Å². The maximum Gasteiger partial charge on any atom is 0.321 e. The van der Waals surface area contributed by atoms with Crippen molar-refractivity contribution in [2.45, 2.75) is 26.3 Å². The van der Waals surface area contributed by atoms with Gasteiger partial charge in [-0.1, -0.05) is 0 Å². The summed E-state index contributed by atoms with van der Waals surface area (Å²) in [4.78, 5) is 33.4. The highest BCUT2D eigenvalue weighted by Crippen LogP contribution is 2.12. The Balaban J connectivity index is 4.67. The summed E-state index contributed by atoms with van der Waals surface area (Å²) in [5.74, 6) is -4.09. The highest BCUT2D eigenvalue weighted by Gasteiger charge is 2.34. The largest absolute Gasteiger partial charge is 0.480 e. The fourth-order valence-corrected chi connectivity index (χ4v) is 1.18. The smallest absolute Gasteiger partial charge is 0.321 e. The Hall–Kier alpha value is -1.63. The molecule has 0 saturated carbocycles. The van der Waals surface area contributed by atoms with E-state index >= 15 is 0 Å². The van der Waals surface area contributed by atoms with Gasteiger partial charge in [-0.05, 0) is 13.8 Å². The second kappa shape index (κ2) is 7.61. The van der Waals surface area contributed by atoms with E-state index in [-0.39, 0.29) is 13.2 Å². The minimum absolute atomic E-state index is 0.0878. The van der Waals surface area contributed by atoms with Crippen LogP contribution in [-0.4, -0.2) is 42.3 Å². The molecule has 0 rings (SSSR count). The zero-order chi connectivity index (χ0) is 13.4. The molecule has 3 N–H and O–H groups in total. The molecule has 0 aromatic rings. The molecule has 0 saturated heterocycles. The van der Waals surface area contributed by atoms with Crippen molar-refractivity contribution >= 4 is 17.9 Å². The number of aliphatic carboxylic acids is 1. The van der Waals surface area contributed by atoms with Gasteiger partial charge in [0.2, 0.25) is 0 Å². The molecule has 0 spiro atoms. The molecule has 0 bridgehead atoms. The zero-order valence-corrected chi connectivity index (χ0v) is 9.84. The van der Waals surface area contributed by atoms with Crippen LogP contribution in [0.2, 0.25) is 0 Å². The van der Waals surface area contributed by atoms with Crippen LogP contribution >= 0.6 is 0 Å². The number of carbonyl (C=O) groups excluding carboxylic acids is 2. The van der Waals surface area contributed by atoms with Crippen molar-refractivity contribution in [2.24, 2.45) is 11.7 Å². The summed E-state index contributed by atoms with van der Waals surface area (Å²) in [6.07, 6.45) is -0.403. The average molecular weight is 247 g/mol. The van der Waals surface area contributed by atoms with Gasteiger partial charge in [-0.25, -0.2) is 0 Å². The van der Waals surface area contributed by atoms with E-state index in [1.165, 1.54) is 0 Å². The molecule has 0 radical (unpaired) electrons. The van der Waals surface area contributed by atoms with Crippen LogP contribution in [0, 0.1) is 5.92 Å². The second-order valence-electron chi connectivity index (χ2n) is 3.23. The van der Waals surface area contributed by atoms with Gasteiger partial charge in [-0.2, -0.15) is 0 Å². The van der Waals surface area contributed by atoms with Gasteiger partial charge in [0.1, 0.15) is 6.04 Å². The number of carbonyl (C=O) groups is 3. The molecule has 0 heterocycles. The molecule has 98 valence electrons. The Morgan fingerprint density at radius 1 is 1.18 bits per heavy atom. The highest BCUT2D eigenvalue weighted by atomic mass is 16.5. The molecule has 0 unspecified atom stereocenters. The van der Waals surface area contributed by atoms with E-state index in [4.69, 9.17) is 10.8 Å². The number of hydrogen-bond acceptors (Lipinski definition) is 6. The molecule has 7 nitrogen and oxygen atoms in total. The normalized spacial score (nSPS) is 13.6. The summed E-state index contributed by atoms with van der Waals surface area (Å²) < 4.78 is 9.30. The summed E-state index contributed by atoms with van der Waals surface area (Å²) in [6.45, 7) is 3.42. The number of carboxylic acid groups (broad SMARTS) is 1. The minimum Gasteiger partial charge on any atom is -0.480 e. The van der Waals surface area contributed by atoms with Crippen LogP contribution < -0.4 is 5.73 Å². The van der Waals surface area contributed by atoms with Gasteiger partial charge in [0.25, 0.3) is 0 Å². The summed E-state index contributed by atoms with van der Waals surface area (Å²) in [5, 5.41) is 8.73. The first-order chi connectivity index (χ1) is 7.93. The Bertz CT molecular complexity index is 291. The van der Waals surface area contributed by atoms with Crippen molar-refractivity contribution < 1.29 is 29.0 Å². The lowest BCUT2D eigenvalue weighted by molar-refractivity contribution is -0.158. The summed E-state index contributed by atoms with van der Waals surface area (Å²) in [6, 6.07) is -1.49. The van der Waals surface area contributed by atoms with Crippen molar-refractivity contribution in [2.75, 3.05) is 13.2 Å². The Morgan fingerprint density at radius 3 is 2.12 bits per heavy atom. The SMILES string of the molecule is CCOC(=O)C[C@@H](C(=O)OCC)[C@H](N)C(=O)O. The molecule has 0 aliphatic heterocycles. The predicted octanol–water partition coefficient (Wildman–Crippen LogP) is -0.469. The molecule has 0 aromatic heterocycles. The van der Waals surface area contributed by atoms with E-state index in [9.17, 15) is 14.4 Å². The number of hydrogen-bond donors (Lipinski definition) is 2. The molecular formula is C10H17NO6. The third-order valence-electron chi connectivity index (χ3n) is 2.00. The highest BCUT2D eigenvalue weighted by molar-refractivity contribution is 5.87. The van der Waals surface area contributed by atoms with Crippen LogP contribution in [0.15, 0.2) is 0 Å². The van der Waals surface area contributed by atoms with Gasteiger partial charge < -0.3 is 20.3 Å². The van der Waals surface area contributed by atoms with Crippen molar-refractivity contribution in [3.8, 4) is 0 Å². The summed E-state index contributed by atoms with van der Waals surface area (Å²) >= 11 is 0. The molecule has 17 heavy (non-hydrogen) atoms. The maximum absolute atomic E-state index is 11.5. The van der Waals surface area contributed by atoms with E-state index in [0.29, 0.717) is 0 Å². The van der Waals surface area contributed by atoms with Crippen LogP contribution in [0.25, 0.3) is 0 Å². The Morgan fingerprint density at radius 2 is 1.71 bits per heavy atom. The Kier molecular flexibility index (Phi) is 6.88. The summed E-state index contributed by atoms with van der Waals surface area (Å²) in [7, 11) is 0. The van der Waals surface area contributed by atoms with Crippen molar-refractivity contribution in [3.05, 3.63) is 0 Å². The number of rotatable bonds is 7. The van der Waals surface area contributed by atoms with Gasteiger partial charge >= 0.3 is 17.9 Å². The fraction of sp³-hybridized carbons (Fsp3) is 0.700. The minimum atomic E-state index is -1.49. The topological polar surface area (TPSA) is 116 Å². The summed E-state index contributed by atoms with van der Waals surface area (Å²) in [5.41, 5.74) is 5.33. The quantitative estimate of drug-likeness (QED) is 0.584. The molecule has 0 fully saturated rings. The maximum atomic E-state index is 11.5. The number of esters is 2. The molecule has 2 atom stereocenters. The lowest BCUT2D eigenvalue weighted by Gasteiger charge is -2.18. The van der Waals surface area contributed by atoms with Crippen LogP contribution in [0.5, 0.6) is 0 Å². The Labute approximate surface area is 98.9 Å². The third kappa shape index (κ3) is 5.30. The van der Waals surface area contributed by atoms with Crippen molar-refractivity contribution in [3.63, 3.8) is 0 Å². The van der Waals surface area contributed by atoms with Crippen LogP contribution in [0.1, 0.15) is 20.3 Å². The van der Waals surface area contributed by atoms with Gasteiger partial charge in [-0.3, -0.25) is 14.4 Å². The fourth-order valence-electron chi connectivity index (χ4n) is 1.18. The first kappa shape index (κ1) is 15.4. The first-order valence-corrected chi connectivity index (χ1v) is 5.24. The zero-order valence-electron chi connectivity index (χ0n) is 9.84. The van der Waals surface area contributed by atoms with E-state index in [0.717, 1.165) is 0 Å². The van der Waals surface area contributed by atoms with E-state index in [1.807, 2.05) is 0 Å². The van der Waals surface area contributed by atoms with Crippen LogP contribution in [0.3, 0.4) is 0 Å². The van der Waals surface area contributed by atoms with Crippen LogP contribution in [0.4, 0.5) is 0 Å². The molecule has 7 heteroatoms. The average Bonchev–Trinajstić information content (AvgIpc) is 2.25. The molecule has 0 aliphatic carbocycles. The van der Waals surface area contributed by atoms with Gasteiger partial charge in [0.15, 0.2) is 0 Å². The number of carboxylic acids is 1. The third-order valence-corrected chi connectivity index (χ3v) is 2.00. The lowest BCUT2D eigenvalue weighted by atomic mass is 9.97. The number of nitrogens with two attached hydrogens (primary N) is 1. The lowest BCUT2D eigenvalue weighted by Crippen LogP contribution is -2.44. The van der Waals surface area contributed by atoms with Crippen LogP contribution in [-0.2, 0) is 23.9 Å². The predicted molar refractivity (Wildman–Crippen MR) is 57.0 cm³/mol. The van der Waals surface area contributed by atoms with Gasteiger partial charge in [0.05, 0.1) is 25.6 Å². The van der Waals surface area contributed by atoms with Crippen molar-refractivity contribution in [1.82, 2.24) is 0 Å².